The zero-order valence-corrected chi connectivity index (χ0v) is 15.6. The Morgan fingerprint density at radius 3 is 2.48 bits per heavy atom. The molecule has 2 rings (SSSR count). The van der Waals surface area contributed by atoms with E-state index in [1.54, 1.807) is 26.8 Å². The number of pyridine rings is 1. The Hall–Kier alpha value is -3.16. The zero-order chi connectivity index (χ0) is 20.2. The van der Waals surface area contributed by atoms with Gasteiger partial charge in [0, 0.05) is 29.9 Å². The number of nitrogen functional groups attached to an aromatic ring is 1. The maximum atomic E-state index is 14.7. The number of esters is 1. The van der Waals surface area contributed by atoms with Gasteiger partial charge in [-0.3, -0.25) is 10.1 Å². The highest BCUT2D eigenvalue weighted by atomic mass is 19.1. The number of nitrogens with two attached hydrogens (primary N) is 1. The van der Waals surface area contributed by atoms with E-state index >= 15 is 0 Å². The number of halogens is 1. The van der Waals surface area contributed by atoms with Gasteiger partial charge >= 0.3 is 12.1 Å². The summed E-state index contributed by atoms with van der Waals surface area (Å²) in [7, 11) is 0. The van der Waals surface area contributed by atoms with Crippen molar-refractivity contribution in [1.82, 2.24) is 4.98 Å². The van der Waals surface area contributed by atoms with Crippen molar-refractivity contribution in [3.8, 4) is 0 Å². The Morgan fingerprint density at radius 2 is 1.93 bits per heavy atom. The SMILES string of the molecule is CC(=O)OC(c1ccnc(N)c1)c1ccc(NC(=O)OC(C)(C)C)cc1F. The Bertz CT molecular complexity index is 849. The van der Waals surface area contributed by atoms with Crippen molar-refractivity contribution in [3.63, 3.8) is 0 Å². The Labute approximate surface area is 156 Å². The quantitative estimate of drug-likeness (QED) is 0.788. The summed E-state index contributed by atoms with van der Waals surface area (Å²) >= 11 is 0. The molecule has 2 aromatic rings. The lowest BCUT2D eigenvalue weighted by Crippen LogP contribution is -2.27. The van der Waals surface area contributed by atoms with E-state index in [2.05, 4.69) is 10.3 Å². The molecule has 1 aromatic heterocycles. The highest BCUT2D eigenvalue weighted by Gasteiger charge is 2.23. The molecular formula is C19H22FN3O4. The molecule has 0 aliphatic carbocycles. The standard InChI is InChI=1S/C19H22FN3O4/c1-11(24)26-17(12-7-8-22-16(21)9-12)14-6-5-13(10-15(14)20)23-18(25)27-19(2,3)4/h5-10,17H,1-4H3,(H2,21,22)(H,23,25). The van der Waals surface area contributed by atoms with Gasteiger partial charge in [0.1, 0.15) is 17.2 Å². The molecule has 1 unspecified atom stereocenters. The predicted molar refractivity (Wildman–Crippen MR) is 98.5 cm³/mol. The summed E-state index contributed by atoms with van der Waals surface area (Å²) in [6.07, 6.45) is -0.256. The van der Waals surface area contributed by atoms with Crippen LogP contribution in [0.2, 0.25) is 0 Å². The molecule has 144 valence electrons. The fraction of sp³-hybridized carbons (Fsp3) is 0.316. The van der Waals surface area contributed by atoms with Crippen LogP contribution in [0, 0.1) is 5.82 Å². The molecule has 0 aliphatic heterocycles. The van der Waals surface area contributed by atoms with Crippen molar-refractivity contribution in [2.45, 2.75) is 39.4 Å². The average Bonchev–Trinajstić information content (AvgIpc) is 2.51. The largest absolute Gasteiger partial charge is 0.453 e. The van der Waals surface area contributed by atoms with E-state index in [0.717, 1.165) is 6.07 Å². The van der Waals surface area contributed by atoms with E-state index in [4.69, 9.17) is 15.2 Å². The molecule has 1 aromatic carbocycles. The highest BCUT2D eigenvalue weighted by Crippen LogP contribution is 2.30. The van der Waals surface area contributed by atoms with Crippen molar-refractivity contribution >= 4 is 23.6 Å². The van der Waals surface area contributed by atoms with Crippen LogP contribution in [0.1, 0.15) is 44.9 Å². The van der Waals surface area contributed by atoms with Crippen molar-refractivity contribution in [2.24, 2.45) is 0 Å². The number of hydrogen-bond donors (Lipinski definition) is 2. The van der Waals surface area contributed by atoms with Gasteiger partial charge in [-0.15, -0.1) is 0 Å². The maximum Gasteiger partial charge on any atom is 0.412 e. The van der Waals surface area contributed by atoms with Crippen molar-refractivity contribution in [1.29, 1.82) is 0 Å². The first-order chi connectivity index (χ1) is 12.5. The van der Waals surface area contributed by atoms with E-state index < -0.39 is 29.6 Å². The lowest BCUT2D eigenvalue weighted by Gasteiger charge is -2.21. The number of rotatable bonds is 4. The average molecular weight is 375 g/mol. The topological polar surface area (TPSA) is 104 Å². The summed E-state index contributed by atoms with van der Waals surface area (Å²) in [5, 5.41) is 2.46. The van der Waals surface area contributed by atoms with Crippen LogP contribution in [-0.4, -0.2) is 22.6 Å². The summed E-state index contributed by atoms with van der Waals surface area (Å²) in [5.41, 5.74) is 5.79. The normalized spacial score (nSPS) is 12.2. The monoisotopic (exact) mass is 375 g/mol. The molecule has 27 heavy (non-hydrogen) atoms. The molecule has 0 saturated carbocycles. The number of carbonyl (C=O) groups is 2. The van der Waals surface area contributed by atoms with Gasteiger partial charge in [0.15, 0.2) is 6.10 Å². The van der Waals surface area contributed by atoms with Gasteiger partial charge in [-0.1, -0.05) is 0 Å². The minimum atomic E-state index is -0.997. The second-order valence-corrected chi connectivity index (χ2v) is 6.87. The minimum Gasteiger partial charge on any atom is -0.453 e. The molecule has 1 amide bonds. The third-order valence-corrected chi connectivity index (χ3v) is 3.32. The molecule has 0 bridgehead atoms. The molecule has 0 radical (unpaired) electrons. The molecule has 1 heterocycles. The van der Waals surface area contributed by atoms with Crippen molar-refractivity contribution < 1.29 is 23.5 Å². The number of aromatic nitrogens is 1. The Balaban J connectivity index is 2.30. The second-order valence-electron chi connectivity index (χ2n) is 6.87. The summed E-state index contributed by atoms with van der Waals surface area (Å²) in [6.45, 7) is 6.40. The number of carbonyl (C=O) groups excluding carboxylic acids is 2. The molecule has 7 nitrogen and oxygen atoms in total. The first-order valence-corrected chi connectivity index (χ1v) is 8.23. The van der Waals surface area contributed by atoms with Gasteiger partial charge in [-0.25, -0.2) is 14.2 Å². The fourth-order valence-corrected chi connectivity index (χ4v) is 2.34. The van der Waals surface area contributed by atoms with Crippen LogP contribution >= 0.6 is 0 Å². The highest BCUT2D eigenvalue weighted by molar-refractivity contribution is 5.84. The summed E-state index contributed by atoms with van der Waals surface area (Å²) < 4.78 is 25.1. The van der Waals surface area contributed by atoms with Gasteiger partial charge in [-0.2, -0.15) is 0 Å². The van der Waals surface area contributed by atoms with Crippen LogP contribution in [0.3, 0.4) is 0 Å². The lowest BCUT2D eigenvalue weighted by molar-refractivity contribution is -0.144. The van der Waals surface area contributed by atoms with Crippen LogP contribution < -0.4 is 11.1 Å². The number of amides is 1. The van der Waals surface area contributed by atoms with Gasteiger partial charge < -0.3 is 15.2 Å². The summed E-state index contributed by atoms with van der Waals surface area (Å²) in [5.74, 6) is -1.02. The maximum absolute atomic E-state index is 14.7. The number of nitrogens with one attached hydrogen (secondary N) is 1. The molecule has 0 saturated heterocycles. The molecule has 3 N–H and O–H groups in total. The van der Waals surface area contributed by atoms with Crippen LogP contribution in [-0.2, 0) is 14.3 Å². The summed E-state index contributed by atoms with van der Waals surface area (Å²) in [4.78, 5) is 27.2. The Morgan fingerprint density at radius 1 is 1.22 bits per heavy atom. The van der Waals surface area contributed by atoms with Crippen LogP contribution in [0.25, 0.3) is 0 Å². The van der Waals surface area contributed by atoms with Crippen LogP contribution in [0.4, 0.5) is 20.7 Å². The second kappa shape index (κ2) is 8.03. The number of ether oxygens (including phenoxy) is 2. The van der Waals surface area contributed by atoms with E-state index in [0.29, 0.717) is 5.56 Å². The first kappa shape index (κ1) is 20.2. The summed E-state index contributed by atoms with van der Waals surface area (Å²) in [6, 6.07) is 7.12. The van der Waals surface area contributed by atoms with E-state index in [1.165, 1.54) is 31.3 Å². The van der Waals surface area contributed by atoms with Crippen LogP contribution in [0.15, 0.2) is 36.5 Å². The number of nitrogens with zero attached hydrogens (tertiary/aromatic N) is 1. The molecule has 8 heteroatoms. The molecular weight excluding hydrogens is 353 g/mol. The Kier molecular flexibility index (Phi) is 5.99. The van der Waals surface area contributed by atoms with E-state index in [9.17, 15) is 14.0 Å². The number of anilines is 2. The first-order valence-electron chi connectivity index (χ1n) is 8.23. The van der Waals surface area contributed by atoms with Crippen LogP contribution in [0.5, 0.6) is 0 Å². The van der Waals surface area contributed by atoms with E-state index in [-0.39, 0.29) is 17.1 Å². The smallest absolute Gasteiger partial charge is 0.412 e. The lowest BCUT2D eigenvalue weighted by atomic mass is 10.0. The van der Waals surface area contributed by atoms with Gasteiger partial charge in [-0.05, 0) is 51.1 Å². The van der Waals surface area contributed by atoms with E-state index in [1.807, 2.05) is 0 Å². The third kappa shape index (κ3) is 5.95. The predicted octanol–water partition coefficient (Wildman–Crippen LogP) is 3.80. The molecule has 1 atom stereocenters. The van der Waals surface area contributed by atoms with Gasteiger partial charge in [0.2, 0.25) is 0 Å². The van der Waals surface area contributed by atoms with Crippen molar-refractivity contribution in [3.05, 3.63) is 53.5 Å². The molecule has 0 fully saturated rings. The van der Waals surface area contributed by atoms with Crippen molar-refractivity contribution in [2.75, 3.05) is 11.1 Å². The number of benzene rings is 1. The fourth-order valence-electron chi connectivity index (χ4n) is 2.34. The number of hydrogen-bond acceptors (Lipinski definition) is 6. The zero-order valence-electron chi connectivity index (χ0n) is 15.6. The minimum absolute atomic E-state index is 0.116. The van der Waals surface area contributed by atoms with Gasteiger partial charge in [0.25, 0.3) is 0 Å². The molecule has 0 aliphatic rings. The molecule has 0 spiro atoms. The third-order valence-electron chi connectivity index (χ3n) is 3.32. The van der Waals surface area contributed by atoms with Gasteiger partial charge in [0.05, 0.1) is 0 Å².